The number of rotatable bonds is 5. The molecule has 19 heavy (non-hydrogen) atoms. The van der Waals surface area contributed by atoms with E-state index in [0.717, 1.165) is 25.5 Å². The summed E-state index contributed by atoms with van der Waals surface area (Å²) >= 11 is 0. The molecule has 1 unspecified atom stereocenters. The third-order valence-corrected chi connectivity index (χ3v) is 3.91. The van der Waals surface area contributed by atoms with Crippen LogP contribution in [0.4, 0.5) is 5.82 Å². The van der Waals surface area contributed by atoms with Gasteiger partial charge in [-0.15, -0.1) is 0 Å². The van der Waals surface area contributed by atoms with E-state index in [-0.39, 0.29) is 0 Å². The van der Waals surface area contributed by atoms with Gasteiger partial charge in [-0.05, 0) is 50.4 Å². The number of hydrogen-bond donors (Lipinski definition) is 1. The summed E-state index contributed by atoms with van der Waals surface area (Å²) in [7, 11) is 0. The van der Waals surface area contributed by atoms with Crippen LogP contribution >= 0.6 is 0 Å². The molecule has 0 aliphatic carbocycles. The number of nitrogens with one attached hydrogen (secondary N) is 1. The molecular formula is C16H27N3. The fraction of sp³-hybridized carbons (Fsp3) is 0.688. The van der Waals surface area contributed by atoms with Gasteiger partial charge in [0.1, 0.15) is 5.82 Å². The van der Waals surface area contributed by atoms with Crippen molar-refractivity contribution in [2.75, 3.05) is 18.0 Å². The van der Waals surface area contributed by atoms with Crippen LogP contribution in [0.25, 0.3) is 0 Å². The quantitative estimate of drug-likeness (QED) is 0.824. The third-order valence-electron chi connectivity index (χ3n) is 3.91. The predicted molar refractivity (Wildman–Crippen MR) is 81.5 cm³/mol. The highest BCUT2D eigenvalue weighted by Crippen LogP contribution is 2.22. The van der Waals surface area contributed by atoms with Crippen molar-refractivity contribution in [3.63, 3.8) is 0 Å². The molecule has 0 saturated carbocycles. The highest BCUT2D eigenvalue weighted by atomic mass is 15.2. The second kappa shape index (κ2) is 7.49. The molecule has 1 saturated heterocycles. The zero-order chi connectivity index (χ0) is 13.5. The average Bonchev–Trinajstić information content (AvgIpc) is 2.64. The van der Waals surface area contributed by atoms with Crippen LogP contribution in [0.15, 0.2) is 18.3 Å². The molecule has 0 spiro atoms. The largest absolute Gasteiger partial charge is 0.354 e. The lowest BCUT2D eigenvalue weighted by atomic mass is 10.1. The number of nitrogens with zero attached hydrogens (tertiary/aromatic N) is 2. The third kappa shape index (κ3) is 4.20. The summed E-state index contributed by atoms with van der Waals surface area (Å²) in [6.07, 6.45) is 8.44. The molecule has 1 aromatic heterocycles. The highest BCUT2D eigenvalue weighted by Gasteiger charge is 2.18. The van der Waals surface area contributed by atoms with Gasteiger partial charge in [0.25, 0.3) is 0 Å². The van der Waals surface area contributed by atoms with E-state index in [4.69, 9.17) is 0 Å². The topological polar surface area (TPSA) is 28.2 Å². The lowest BCUT2D eigenvalue weighted by Crippen LogP contribution is -2.33. The zero-order valence-corrected chi connectivity index (χ0v) is 12.4. The van der Waals surface area contributed by atoms with Gasteiger partial charge in [0.05, 0.1) is 0 Å². The molecule has 3 nitrogen and oxygen atoms in total. The maximum Gasteiger partial charge on any atom is 0.129 e. The fourth-order valence-corrected chi connectivity index (χ4v) is 2.75. The summed E-state index contributed by atoms with van der Waals surface area (Å²) in [6.45, 7) is 7.71. The maximum absolute atomic E-state index is 4.58. The Morgan fingerprint density at radius 1 is 1.37 bits per heavy atom. The molecule has 2 heterocycles. The molecule has 0 bridgehead atoms. The Bertz CT molecular complexity index is 378. The molecule has 0 amide bonds. The standard InChI is InChI=1S/C16H27N3/c1-3-9-17-13-15-8-10-18-16(12-15)19-11-6-4-5-7-14(19)2/h8,10,12,14,17H,3-7,9,11,13H2,1-2H3. The van der Waals surface area contributed by atoms with Gasteiger partial charge in [-0.25, -0.2) is 4.98 Å². The second-order valence-corrected chi connectivity index (χ2v) is 5.59. The van der Waals surface area contributed by atoms with Crippen LogP contribution in [0, 0.1) is 0 Å². The van der Waals surface area contributed by atoms with Crippen LogP contribution in [-0.2, 0) is 6.54 Å². The van der Waals surface area contributed by atoms with E-state index in [1.807, 2.05) is 6.20 Å². The van der Waals surface area contributed by atoms with Gasteiger partial charge in [0.2, 0.25) is 0 Å². The molecule has 1 aliphatic rings. The van der Waals surface area contributed by atoms with E-state index in [0.29, 0.717) is 6.04 Å². The monoisotopic (exact) mass is 261 g/mol. The predicted octanol–water partition coefficient (Wildman–Crippen LogP) is 3.35. The van der Waals surface area contributed by atoms with E-state index in [1.165, 1.54) is 37.7 Å². The van der Waals surface area contributed by atoms with E-state index in [2.05, 4.69) is 41.2 Å². The smallest absolute Gasteiger partial charge is 0.129 e. The van der Waals surface area contributed by atoms with Crippen molar-refractivity contribution in [1.82, 2.24) is 10.3 Å². The highest BCUT2D eigenvalue weighted by molar-refractivity contribution is 5.42. The number of hydrogen-bond acceptors (Lipinski definition) is 3. The van der Waals surface area contributed by atoms with Crippen molar-refractivity contribution in [3.8, 4) is 0 Å². The van der Waals surface area contributed by atoms with Gasteiger partial charge in [0.15, 0.2) is 0 Å². The van der Waals surface area contributed by atoms with Gasteiger partial charge in [-0.3, -0.25) is 0 Å². The van der Waals surface area contributed by atoms with Crippen LogP contribution in [-0.4, -0.2) is 24.1 Å². The number of aromatic nitrogens is 1. The fourth-order valence-electron chi connectivity index (χ4n) is 2.75. The molecular weight excluding hydrogens is 234 g/mol. The first kappa shape index (κ1) is 14.3. The van der Waals surface area contributed by atoms with Crippen LogP contribution in [0.3, 0.4) is 0 Å². The van der Waals surface area contributed by atoms with Gasteiger partial charge in [-0.1, -0.05) is 19.8 Å². The Hall–Kier alpha value is -1.09. The minimum absolute atomic E-state index is 0.619. The minimum Gasteiger partial charge on any atom is -0.354 e. The average molecular weight is 261 g/mol. The Kier molecular flexibility index (Phi) is 5.64. The van der Waals surface area contributed by atoms with Crippen LogP contribution < -0.4 is 10.2 Å². The maximum atomic E-state index is 4.58. The van der Waals surface area contributed by atoms with E-state index < -0.39 is 0 Å². The molecule has 2 rings (SSSR count). The van der Waals surface area contributed by atoms with Crippen molar-refractivity contribution in [2.24, 2.45) is 0 Å². The summed E-state index contributed by atoms with van der Waals surface area (Å²) in [6, 6.07) is 4.99. The first-order valence-electron chi connectivity index (χ1n) is 7.73. The Balaban J connectivity index is 2.03. The molecule has 3 heteroatoms. The first-order chi connectivity index (χ1) is 9.31. The lowest BCUT2D eigenvalue weighted by Gasteiger charge is -2.28. The lowest BCUT2D eigenvalue weighted by molar-refractivity contribution is 0.610. The Morgan fingerprint density at radius 2 is 2.26 bits per heavy atom. The van der Waals surface area contributed by atoms with E-state index in [9.17, 15) is 0 Å². The first-order valence-corrected chi connectivity index (χ1v) is 7.73. The summed E-state index contributed by atoms with van der Waals surface area (Å²) in [5, 5.41) is 3.46. The van der Waals surface area contributed by atoms with E-state index in [1.54, 1.807) is 0 Å². The number of anilines is 1. The molecule has 106 valence electrons. The number of pyridine rings is 1. The molecule has 1 atom stereocenters. The van der Waals surface area contributed by atoms with Crippen LogP contribution in [0.5, 0.6) is 0 Å². The second-order valence-electron chi connectivity index (χ2n) is 5.59. The van der Waals surface area contributed by atoms with Gasteiger partial charge in [0, 0.05) is 25.3 Å². The zero-order valence-electron chi connectivity index (χ0n) is 12.4. The Labute approximate surface area is 117 Å². The molecule has 1 aliphatic heterocycles. The molecule has 1 N–H and O–H groups in total. The van der Waals surface area contributed by atoms with Crippen molar-refractivity contribution in [3.05, 3.63) is 23.9 Å². The molecule has 0 aromatic carbocycles. The van der Waals surface area contributed by atoms with Crippen molar-refractivity contribution in [2.45, 2.75) is 58.5 Å². The summed E-state index contributed by atoms with van der Waals surface area (Å²) in [5.41, 5.74) is 1.34. The van der Waals surface area contributed by atoms with Gasteiger partial charge in [-0.2, -0.15) is 0 Å². The normalized spacial score (nSPS) is 20.3. The van der Waals surface area contributed by atoms with Crippen LogP contribution in [0.1, 0.15) is 51.5 Å². The van der Waals surface area contributed by atoms with Crippen LogP contribution in [0.2, 0.25) is 0 Å². The van der Waals surface area contributed by atoms with Gasteiger partial charge < -0.3 is 10.2 Å². The SMILES string of the molecule is CCCNCc1ccnc(N2CCCCCC2C)c1. The van der Waals surface area contributed by atoms with Crippen molar-refractivity contribution >= 4 is 5.82 Å². The van der Waals surface area contributed by atoms with Gasteiger partial charge >= 0.3 is 0 Å². The summed E-state index contributed by atoms with van der Waals surface area (Å²) < 4.78 is 0. The van der Waals surface area contributed by atoms with Crippen molar-refractivity contribution in [1.29, 1.82) is 0 Å². The van der Waals surface area contributed by atoms with E-state index >= 15 is 0 Å². The van der Waals surface area contributed by atoms with Crippen molar-refractivity contribution < 1.29 is 0 Å². The summed E-state index contributed by atoms with van der Waals surface area (Å²) in [5.74, 6) is 1.16. The summed E-state index contributed by atoms with van der Waals surface area (Å²) in [4.78, 5) is 7.06. The minimum atomic E-state index is 0.619. The Morgan fingerprint density at radius 3 is 3.11 bits per heavy atom. The molecule has 0 radical (unpaired) electrons. The molecule has 1 fully saturated rings. The molecule has 1 aromatic rings.